The van der Waals surface area contributed by atoms with Crippen LogP contribution in [0.2, 0.25) is 0 Å². The van der Waals surface area contributed by atoms with Crippen LogP contribution in [-0.4, -0.2) is 32.1 Å². The molecule has 0 fully saturated rings. The number of hydrogen-bond donors (Lipinski definition) is 2. The summed E-state index contributed by atoms with van der Waals surface area (Å²) in [6.07, 6.45) is 0. The van der Waals surface area contributed by atoms with Crippen molar-refractivity contribution >= 4 is 17.5 Å². The molecule has 0 radical (unpaired) electrons. The first-order valence-electron chi connectivity index (χ1n) is 8.76. The average molecular weight is 370 g/mol. The lowest BCUT2D eigenvalue weighted by Gasteiger charge is -2.22. The van der Waals surface area contributed by atoms with Crippen molar-refractivity contribution in [1.29, 1.82) is 0 Å². The largest absolute Gasteiger partial charge is 0.497 e. The molecule has 2 rings (SSSR count). The van der Waals surface area contributed by atoms with Gasteiger partial charge in [0, 0.05) is 5.56 Å². The molecule has 0 aliphatic rings. The van der Waals surface area contributed by atoms with E-state index in [4.69, 9.17) is 9.47 Å². The number of aryl methyl sites for hydroxylation is 1. The Balaban J connectivity index is 2.15. The molecular formula is C21H26N2O4. The maximum atomic E-state index is 12.8. The van der Waals surface area contributed by atoms with Gasteiger partial charge in [-0.2, -0.15) is 0 Å². The van der Waals surface area contributed by atoms with Gasteiger partial charge in [-0.05, 0) is 54.8 Å². The topological polar surface area (TPSA) is 76.7 Å². The predicted molar refractivity (Wildman–Crippen MR) is 105 cm³/mol. The minimum Gasteiger partial charge on any atom is -0.497 e. The Morgan fingerprint density at radius 1 is 0.963 bits per heavy atom. The Morgan fingerprint density at radius 2 is 1.63 bits per heavy atom. The third-order valence-corrected chi connectivity index (χ3v) is 4.20. The van der Waals surface area contributed by atoms with Crippen molar-refractivity contribution in [3.05, 3.63) is 53.6 Å². The minimum absolute atomic E-state index is 0.0944. The highest BCUT2D eigenvalue weighted by Gasteiger charge is 2.25. The Hall–Kier alpha value is -3.02. The Bertz CT molecular complexity index is 800. The smallest absolute Gasteiger partial charge is 0.251 e. The zero-order chi connectivity index (χ0) is 20.0. The van der Waals surface area contributed by atoms with E-state index in [1.165, 1.54) is 0 Å². The summed E-state index contributed by atoms with van der Waals surface area (Å²) in [5, 5.41) is 5.67. The van der Waals surface area contributed by atoms with Crippen LogP contribution < -0.4 is 20.1 Å². The molecule has 144 valence electrons. The number of carbonyl (C=O) groups excluding carboxylic acids is 2. The fourth-order valence-corrected chi connectivity index (χ4v) is 2.63. The molecule has 0 aliphatic heterocycles. The van der Waals surface area contributed by atoms with Crippen molar-refractivity contribution in [3.63, 3.8) is 0 Å². The molecule has 6 heteroatoms. The Kier molecular flexibility index (Phi) is 6.82. The van der Waals surface area contributed by atoms with E-state index in [2.05, 4.69) is 10.6 Å². The third-order valence-electron chi connectivity index (χ3n) is 4.20. The number of amides is 2. The molecule has 1 atom stereocenters. The molecule has 0 saturated carbocycles. The molecule has 0 saturated heterocycles. The summed E-state index contributed by atoms with van der Waals surface area (Å²) < 4.78 is 10.4. The van der Waals surface area contributed by atoms with Gasteiger partial charge in [0.05, 0.1) is 19.9 Å². The SMILES string of the molecule is COc1ccc(C(=O)NC(C(=O)Nc2cc(C)ccc2OC)C(C)C)cc1. The number of rotatable bonds is 7. The third kappa shape index (κ3) is 5.23. The van der Waals surface area contributed by atoms with Crippen LogP contribution in [0.4, 0.5) is 5.69 Å². The van der Waals surface area contributed by atoms with Gasteiger partial charge in [-0.25, -0.2) is 0 Å². The average Bonchev–Trinajstić information content (AvgIpc) is 2.65. The fourth-order valence-electron chi connectivity index (χ4n) is 2.63. The molecule has 27 heavy (non-hydrogen) atoms. The fraction of sp³-hybridized carbons (Fsp3) is 0.333. The second-order valence-corrected chi connectivity index (χ2v) is 6.62. The molecule has 0 heterocycles. The van der Waals surface area contributed by atoms with Crippen LogP contribution in [0.15, 0.2) is 42.5 Å². The summed E-state index contributed by atoms with van der Waals surface area (Å²) in [4.78, 5) is 25.3. The number of ether oxygens (including phenoxy) is 2. The highest BCUT2D eigenvalue weighted by Crippen LogP contribution is 2.25. The standard InChI is InChI=1S/C21H26N2O4/c1-13(2)19(23-20(24)15-7-9-16(26-4)10-8-15)21(25)22-17-12-14(3)6-11-18(17)27-5/h6-13,19H,1-5H3,(H,22,25)(H,23,24). The summed E-state index contributed by atoms with van der Waals surface area (Å²) in [6.45, 7) is 5.69. The van der Waals surface area contributed by atoms with E-state index in [0.717, 1.165) is 5.56 Å². The van der Waals surface area contributed by atoms with E-state index in [1.54, 1.807) is 44.6 Å². The summed E-state index contributed by atoms with van der Waals surface area (Å²) in [5.74, 6) is 0.524. The van der Waals surface area contributed by atoms with Gasteiger partial charge in [0.2, 0.25) is 5.91 Å². The van der Waals surface area contributed by atoms with E-state index in [9.17, 15) is 9.59 Å². The molecule has 0 spiro atoms. The van der Waals surface area contributed by atoms with Gasteiger partial charge in [-0.15, -0.1) is 0 Å². The zero-order valence-electron chi connectivity index (χ0n) is 16.3. The van der Waals surface area contributed by atoms with Crippen molar-refractivity contribution in [3.8, 4) is 11.5 Å². The molecule has 2 amide bonds. The minimum atomic E-state index is -0.690. The van der Waals surface area contributed by atoms with E-state index < -0.39 is 6.04 Å². The first-order valence-corrected chi connectivity index (χ1v) is 8.76. The summed E-state index contributed by atoms with van der Waals surface area (Å²) >= 11 is 0. The first-order chi connectivity index (χ1) is 12.8. The summed E-state index contributed by atoms with van der Waals surface area (Å²) in [7, 11) is 3.11. The Labute approximate surface area is 159 Å². The lowest BCUT2D eigenvalue weighted by molar-refractivity contribution is -0.118. The lowest BCUT2D eigenvalue weighted by Crippen LogP contribution is -2.47. The highest BCUT2D eigenvalue weighted by atomic mass is 16.5. The van der Waals surface area contributed by atoms with Gasteiger partial charge in [-0.1, -0.05) is 19.9 Å². The van der Waals surface area contributed by atoms with Gasteiger partial charge in [0.15, 0.2) is 0 Å². The molecule has 2 aromatic rings. The van der Waals surface area contributed by atoms with Crippen molar-refractivity contribution in [2.75, 3.05) is 19.5 Å². The molecule has 2 aromatic carbocycles. The number of anilines is 1. The zero-order valence-corrected chi connectivity index (χ0v) is 16.3. The van der Waals surface area contributed by atoms with Crippen LogP contribution in [0.5, 0.6) is 11.5 Å². The second kappa shape index (κ2) is 9.07. The van der Waals surface area contributed by atoms with Crippen molar-refractivity contribution in [2.45, 2.75) is 26.8 Å². The van der Waals surface area contributed by atoms with Gasteiger partial charge >= 0.3 is 0 Å². The molecule has 0 aromatic heterocycles. The van der Waals surface area contributed by atoms with Crippen LogP contribution in [0.3, 0.4) is 0 Å². The molecule has 2 N–H and O–H groups in total. The molecule has 1 unspecified atom stereocenters. The number of methoxy groups -OCH3 is 2. The maximum Gasteiger partial charge on any atom is 0.251 e. The summed E-state index contributed by atoms with van der Waals surface area (Å²) in [5.41, 5.74) is 2.03. The molecule has 0 bridgehead atoms. The number of hydrogen-bond acceptors (Lipinski definition) is 4. The second-order valence-electron chi connectivity index (χ2n) is 6.62. The van der Waals surface area contributed by atoms with Crippen LogP contribution in [0, 0.1) is 12.8 Å². The van der Waals surface area contributed by atoms with Crippen molar-refractivity contribution in [2.24, 2.45) is 5.92 Å². The van der Waals surface area contributed by atoms with Crippen LogP contribution in [-0.2, 0) is 4.79 Å². The highest BCUT2D eigenvalue weighted by molar-refractivity contribution is 6.01. The van der Waals surface area contributed by atoms with Gasteiger partial charge in [0.25, 0.3) is 5.91 Å². The van der Waals surface area contributed by atoms with Crippen LogP contribution in [0.25, 0.3) is 0 Å². The molecule has 6 nitrogen and oxygen atoms in total. The number of benzene rings is 2. The first kappa shape index (κ1) is 20.3. The summed E-state index contributed by atoms with van der Waals surface area (Å²) in [6, 6.07) is 11.6. The van der Waals surface area contributed by atoms with E-state index in [-0.39, 0.29) is 17.7 Å². The van der Waals surface area contributed by atoms with E-state index >= 15 is 0 Å². The van der Waals surface area contributed by atoms with Crippen molar-refractivity contribution in [1.82, 2.24) is 5.32 Å². The number of nitrogens with one attached hydrogen (secondary N) is 2. The normalized spacial score (nSPS) is 11.6. The number of carbonyl (C=O) groups is 2. The van der Waals surface area contributed by atoms with E-state index in [0.29, 0.717) is 22.7 Å². The Morgan fingerprint density at radius 3 is 2.19 bits per heavy atom. The maximum absolute atomic E-state index is 12.8. The van der Waals surface area contributed by atoms with Crippen LogP contribution >= 0.6 is 0 Å². The van der Waals surface area contributed by atoms with Gasteiger partial charge in [0.1, 0.15) is 17.5 Å². The molecule has 0 aliphatic carbocycles. The van der Waals surface area contributed by atoms with Crippen LogP contribution in [0.1, 0.15) is 29.8 Å². The van der Waals surface area contributed by atoms with Crippen molar-refractivity contribution < 1.29 is 19.1 Å². The van der Waals surface area contributed by atoms with Gasteiger partial charge in [-0.3, -0.25) is 9.59 Å². The quantitative estimate of drug-likeness (QED) is 0.783. The molecular weight excluding hydrogens is 344 g/mol. The van der Waals surface area contributed by atoms with Gasteiger partial charge < -0.3 is 20.1 Å². The predicted octanol–water partition coefficient (Wildman–Crippen LogP) is 3.41. The van der Waals surface area contributed by atoms with E-state index in [1.807, 2.05) is 32.9 Å². The monoisotopic (exact) mass is 370 g/mol. The lowest BCUT2D eigenvalue weighted by atomic mass is 10.0.